The van der Waals surface area contributed by atoms with Crippen LogP contribution in [-0.2, 0) is 5.41 Å². The van der Waals surface area contributed by atoms with Gasteiger partial charge in [0.15, 0.2) is 0 Å². The van der Waals surface area contributed by atoms with Crippen LogP contribution in [0.1, 0.15) is 26.3 Å². The summed E-state index contributed by atoms with van der Waals surface area (Å²) >= 11 is 0. The van der Waals surface area contributed by atoms with Gasteiger partial charge < -0.3 is 19.1 Å². The number of anilines is 3. The first kappa shape index (κ1) is 33.8. The number of fused-ring (bicyclic) bond motifs is 12. The van der Waals surface area contributed by atoms with Crippen LogP contribution in [0.3, 0.4) is 0 Å². The first-order chi connectivity index (χ1) is 28.8. The summed E-state index contributed by atoms with van der Waals surface area (Å²) in [6.45, 7) is 7.55. The van der Waals surface area contributed by atoms with E-state index in [1.807, 2.05) is 12.3 Å². The monoisotopic (exact) mass is 763 g/mol. The molecule has 0 unspecified atom stereocenters. The number of aromatic nitrogens is 3. The molecule has 2 aliphatic rings. The van der Waals surface area contributed by atoms with Crippen LogP contribution in [0, 0.1) is 0 Å². The molecule has 59 heavy (non-hydrogen) atoms. The Labute approximate surface area is 342 Å². The third-order valence-corrected chi connectivity index (χ3v) is 12.4. The summed E-state index contributed by atoms with van der Waals surface area (Å²) in [7, 11) is 2.14. The molecule has 284 valence electrons. The van der Waals surface area contributed by atoms with E-state index >= 15 is 0 Å². The Hall–Kier alpha value is -7.31. The lowest BCUT2D eigenvalue weighted by Crippen LogP contribution is -2.23. The lowest BCUT2D eigenvalue weighted by atomic mass is 9.88. The van der Waals surface area contributed by atoms with Crippen LogP contribution in [0.2, 0.25) is 0 Å². The number of ether oxygens (including phenoxy) is 1. The molecule has 0 aliphatic carbocycles. The van der Waals surface area contributed by atoms with Gasteiger partial charge in [-0.05, 0) is 88.8 Å². The molecule has 0 fully saturated rings. The van der Waals surface area contributed by atoms with Crippen LogP contribution in [0.15, 0.2) is 164 Å². The van der Waals surface area contributed by atoms with Crippen LogP contribution in [0.4, 0.5) is 17.1 Å². The molecule has 6 heteroatoms. The number of pyridine rings is 1. The van der Waals surface area contributed by atoms with Crippen molar-refractivity contribution in [1.29, 1.82) is 0 Å². The molecule has 5 heterocycles. The van der Waals surface area contributed by atoms with Gasteiger partial charge in [0.05, 0.1) is 45.8 Å². The van der Waals surface area contributed by atoms with E-state index in [4.69, 9.17) is 9.72 Å². The standard InChI is InChI=1S/C53H41N5O/c1-53(2,3)33-25-26-54-51(27-33)57-48-29-36(59-35-14-11-13-34(28-35)56-32-55(4)46-21-9-10-22-47(46)56)23-24-40(48)44-31-50-43(30-49(44)57)38-16-6-5-15-37(38)41-18-12-19-42-39-17-7-8-20-45(39)58(50)52(41)42/h5-31H,32H2,1-4H3. The average molecular weight is 764 g/mol. The Morgan fingerprint density at radius 1 is 0.508 bits per heavy atom. The van der Waals surface area contributed by atoms with Gasteiger partial charge in [0.2, 0.25) is 0 Å². The summed E-state index contributed by atoms with van der Waals surface area (Å²) < 4.78 is 11.6. The molecular formula is C53H41N5O. The fraction of sp³-hybridized carbons (Fsp3) is 0.113. The number of benzene rings is 7. The number of para-hydroxylation sites is 4. The molecule has 0 bridgehead atoms. The van der Waals surface area contributed by atoms with E-state index in [1.54, 1.807) is 0 Å². The first-order valence-corrected chi connectivity index (χ1v) is 20.4. The molecule has 0 saturated carbocycles. The fourth-order valence-corrected chi connectivity index (χ4v) is 9.64. The quantitative estimate of drug-likeness (QED) is 0.179. The van der Waals surface area contributed by atoms with Crippen molar-refractivity contribution < 1.29 is 4.74 Å². The zero-order valence-electron chi connectivity index (χ0n) is 33.4. The third-order valence-electron chi connectivity index (χ3n) is 12.4. The van der Waals surface area contributed by atoms with Gasteiger partial charge in [-0.2, -0.15) is 0 Å². The molecule has 2 aliphatic heterocycles. The summed E-state index contributed by atoms with van der Waals surface area (Å²) in [6.07, 6.45) is 1.95. The van der Waals surface area contributed by atoms with Gasteiger partial charge in [-0.15, -0.1) is 0 Å². The molecule has 0 spiro atoms. The third kappa shape index (κ3) is 5.02. The van der Waals surface area contributed by atoms with E-state index in [9.17, 15) is 0 Å². The second-order valence-electron chi connectivity index (χ2n) is 17.0. The highest BCUT2D eigenvalue weighted by Gasteiger charge is 2.28. The molecular weight excluding hydrogens is 723 g/mol. The van der Waals surface area contributed by atoms with Crippen molar-refractivity contribution in [3.63, 3.8) is 0 Å². The molecule has 10 aromatic rings. The predicted molar refractivity (Wildman–Crippen MR) is 244 cm³/mol. The molecule has 0 radical (unpaired) electrons. The van der Waals surface area contributed by atoms with E-state index in [1.165, 1.54) is 66.7 Å². The summed E-state index contributed by atoms with van der Waals surface area (Å²) in [4.78, 5) is 9.68. The van der Waals surface area contributed by atoms with Gasteiger partial charge in [-0.1, -0.05) is 99.6 Å². The van der Waals surface area contributed by atoms with Crippen LogP contribution in [-0.4, -0.2) is 27.8 Å². The van der Waals surface area contributed by atoms with Crippen molar-refractivity contribution in [3.05, 3.63) is 169 Å². The lowest BCUT2D eigenvalue weighted by molar-refractivity contribution is 0.483. The predicted octanol–water partition coefficient (Wildman–Crippen LogP) is 13.6. The minimum absolute atomic E-state index is 0.0525. The van der Waals surface area contributed by atoms with Crippen molar-refractivity contribution in [2.75, 3.05) is 23.5 Å². The lowest BCUT2D eigenvalue weighted by Gasteiger charge is -2.20. The van der Waals surface area contributed by atoms with Gasteiger partial charge in [0.25, 0.3) is 0 Å². The Kier molecular flexibility index (Phi) is 7.07. The van der Waals surface area contributed by atoms with Crippen molar-refractivity contribution in [1.82, 2.24) is 14.1 Å². The van der Waals surface area contributed by atoms with Crippen molar-refractivity contribution in [3.8, 4) is 45.3 Å². The van der Waals surface area contributed by atoms with Crippen LogP contribution >= 0.6 is 0 Å². The molecule has 0 N–H and O–H groups in total. The molecule has 3 aromatic heterocycles. The van der Waals surface area contributed by atoms with Crippen molar-refractivity contribution in [2.24, 2.45) is 0 Å². The zero-order chi connectivity index (χ0) is 39.6. The van der Waals surface area contributed by atoms with Crippen LogP contribution < -0.4 is 14.5 Å². The van der Waals surface area contributed by atoms with Crippen LogP contribution in [0.5, 0.6) is 11.5 Å². The van der Waals surface area contributed by atoms with E-state index in [0.29, 0.717) is 0 Å². The summed E-state index contributed by atoms with van der Waals surface area (Å²) in [6, 6.07) is 57.1. The highest BCUT2D eigenvalue weighted by molar-refractivity contribution is 6.18. The molecule has 12 rings (SSSR count). The van der Waals surface area contributed by atoms with Crippen molar-refractivity contribution >= 4 is 60.7 Å². The highest BCUT2D eigenvalue weighted by Crippen LogP contribution is 2.49. The number of rotatable bonds is 4. The largest absolute Gasteiger partial charge is 0.457 e. The number of hydrogen-bond acceptors (Lipinski definition) is 4. The maximum Gasteiger partial charge on any atom is 0.137 e. The van der Waals surface area contributed by atoms with Gasteiger partial charge in [0.1, 0.15) is 17.3 Å². The SMILES string of the molecule is CN1CN(c2cccc(Oc3ccc4c5cc6c(cc5n(-c5cc(C(C)(C)C)ccn5)c4c3)-c3ccccc3-c3cccc4c5ccccc5n-6c34)c2)c2ccccc21. The minimum atomic E-state index is -0.0525. The maximum absolute atomic E-state index is 6.77. The van der Waals surface area contributed by atoms with E-state index in [2.05, 4.69) is 198 Å². The normalized spacial score (nSPS) is 13.3. The second-order valence-corrected chi connectivity index (χ2v) is 17.0. The molecule has 0 saturated heterocycles. The summed E-state index contributed by atoms with van der Waals surface area (Å²) in [5.41, 5.74) is 15.3. The Morgan fingerprint density at radius 3 is 2.07 bits per heavy atom. The summed E-state index contributed by atoms with van der Waals surface area (Å²) in [5, 5.41) is 4.82. The first-order valence-electron chi connectivity index (χ1n) is 20.4. The molecule has 6 nitrogen and oxygen atoms in total. The molecule has 7 aromatic carbocycles. The smallest absolute Gasteiger partial charge is 0.137 e. The zero-order valence-corrected chi connectivity index (χ0v) is 33.4. The fourth-order valence-electron chi connectivity index (χ4n) is 9.64. The average Bonchev–Trinajstić information content (AvgIpc) is 3.86. The highest BCUT2D eigenvalue weighted by atomic mass is 16.5. The molecule has 0 amide bonds. The Morgan fingerprint density at radius 2 is 1.20 bits per heavy atom. The van der Waals surface area contributed by atoms with E-state index in [-0.39, 0.29) is 5.41 Å². The van der Waals surface area contributed by atoms with E-state index < -0.39 is 0 Å². The van der Waals surface area contributed by atoms with Gasteiger partial charge in [-0.25, -0.2) is 4.98 Å². The second kappa shape index (κ2) is 12.3. The minimum Gasteiger partial charge on any atom is -0.457 e. The maximum atomic E-state index is 6.77. The van der Waals surface area contributed by atoms with Gasteiger partial charge in [0, 0.05) is 63.7 Å². The topological polar surface area (TPSA) is 38.5 Å². The molecule has 0 atom stereocenters. The Bertz CT molecular complexity index is 3360. The number of hydrogen-bond donors (Lipinski definition) is 0. The van der Waals surface area contributed by atoms with Crippen molar-refractivity contribution in [2.45, 2.75) is 26.2 Å². The summed E-state index contributed by atoms with van der Waals surface area (Å²) in [5.74, 6) is 2.44. The number of nitrogens with zero attached hydrogens (tertiary/aromatic N) is 5. The van der Waals surface area contributed by atoms with Gasteiger partial charge in [-0.3, -0.25) is 4.57 Å². The Balaban J connectivity index is 1.09. The van der Waals surface area contributed by atoms with Gasteiger partial charge >= 0.3 is 0 Å². The van der Waals surface area contributed by atoms with Crippen LogP contribution in [0.25, 0.3) is 77.4 Å². The van der Waals surface area contributed by atoms with E-state index in [0.717, 1.165) is 51.5 Å².